The number of carboxylic acid groups (broad SMARTS) is 2. The number of aliphatic imine (C=N–C) groups is 1. The highest BCUT2D eigenvalue weighted by atomic mass is 16.4. The number of hydrogen-bond acceptors (Lipinski definition) is 12. The third-order valence-corrected chi connectivity index (χ3v) is 8.80. The second-order valence-corrected chi connectivity index (χ2v) is 14.4. The van der Waals surface area contributed by atoms with Crippen LogP contribution < -0.4 is 55.3 Å². The summed E-state index contributed by atoms with van der Waals surface area (Å²) in [6, 6.07) is -1.99. The van der Waals surface area contributed by atoms with Crippen molar-refractivity contribution in [1.82, 2.24) is 26.6 Å². The molecule has 21 nitrogen and oxygen atoms in total. The lowest BCUT2D eigenvalue weighted by Gasteiger charge is -2.28. The topological polar surface area (TPSA) is 383 Å². The van der Waals surface area contributed by atoms with E-state index < -0.39 is 84.1 Å². The fourth-order valence-electron chi connectivity index (χ4n) is 5.71. The van der Waals surface area contributed by atoms with Gasteiger partial charge in [-0.1, -0.05) is 26.0 Å². The first kappa shape index (κ1) is 50.5. The number of guanidine groups is 1. The molecule has 1 aromatic carbocycles. The van der Waals surface area contributed by atoms with Crippen molar-refractivity contribution >= 4 is 47.4 Å². The van der Waals surface area contributed by atoms with Gasteiger partial charge in [0.15, 0.2) is 5.96 Å². The highest BCUT2D eigenvalue weighted by Gasteiger charge is 2.33. The number of aliphatic carboxylic acids is 2. The van der Waals surface area contributed by atoms with Gasteiger partial charge in [-0.2, -0.15) is 0 Å². The predicted molar refractivity (Wildman–Crippen MR) is 215 cm³/mol. The van der Waals surface area contributed by atoms with Crippen molar-refractivity contribution in [1.29, 1.82) is 0 Å². The molecule has 58 heavy (non-hydrogen) atoms. The summed E-state index contributed by atoms with van der Waals surface area (Å²) in [4.78, 5) is 94.9. The van der Waals surface area contributed by atoms with Crippen LogP contribution in [0.2, 0.25) is 0 Å². The van der Waals surface area contributed by atoms with E-state index >= 15 is 0 Å². The fraction of sp³-hybridized carbons (Fsp3) is 0.622. The van der Waals surface area contributed by atoms with Gasteiger partial charge >= 0.3 is 11.9 Å². The summed E-state index contributed by atoms with van der Waals surface area (Å²) in [5.41, 5.74) is 28.2. The zero-order chi connectivity index (χ0) is 43.8. The molecule has 0 saturated heterocycles. The van der Waals surface area contributed by atoms with E-state index in [1.807, 2.05) is 0 Å². The van der Waals surface area contributed by atoms with E-state index in [4.69, 9.17) is 33.8 Å². The molecule has 1 aromatic rings. The summed E-state index contributed by atoms with van der Waals surface area (Å²) in [6.07, 6.45) is 1.43. The zero-order valence-electron chi connectivity index (χ0n) is 33.3. The van der Waals surface area contributed by atoms with Crippen LogP contribution >= 0.6 is 0 Å². The number of amides is 5. The van der Waals surface area contributed by atoms with Gasteiger partial charge in [0.05, 0.1) is 12.5 Å². The molecule has 21 heteroatoms. The van der Waals surface area contributed by atoms with Crippen LogP contribution in [-0.2, 0) is 40.0 Å². The largest absolute Gasteiger partial charge is 0.508 e. The Kier molecular flexibility index (Phi) is 23.6. The molecule has 0 bridgehead atoms. The summed E-state index contributed by atoms with van der Waals surface area (Å²) in [6.45, 7) is 4.32. The average Bonchev–Trinajstić information content (AvgIpc) is 3.14. The highest BCUT2D eigenvalue weighted by Crippen LogP contribution is 2.14. The summed E-state index contributed by atoms with van der Waals surface area (Å²) < 4.78 is 0. The van der Waals surface area contributed by atoms with Gasteiger partial charge in [0.1, 0.15) is 36.0 Å². The maximum absolute atomic E-state index is 14.1. The Morgan fingerprint density at radius 1 is 0.638 bits per heavy atom. The van der Waals surface area contributed by atoms with Gasteiger partial charge in [-0.15, -0.1) is 0 Å². The van der Waals surface area contributed by atoms with Crippen molar-refractivity contribution in [2.24, 2.45) is 39.6 Å². The Bertz CT molecular complexity index is 1520. The molecule has 5 amide bonds. The molecule has 0 aliphatic carbocycles. The first-order chi connectivity index (χ1) is 27.4. The number of hydrogen-bond donors (Lipinski definition) is 13. The van der Waals surface area contributed by atoms with Crippen LogP contribution in [0.15, 0.2) is 29.3 Å². The number of phenolic OH excluding ortho intramolecular Hbond substituents is 1. The van der Waals surface area contributed by atoms with Crippen molar-refractivity contribution in [3.05, 3.63) is 29.8 Å². The first-order valence-corrected chi connectivity index (χ1v) is 19.3. The van der Waals surface area contributed by atoms with Crippen molar-refractivity contribution in [2.75, 3.05) is 19.6 Å². The molecule has 0 fully saturated rings. The Labute approximate surface area is 338 Å². The van der Waals surface area contributed by atoms with E-state index in [2.05, 4.69) is 31.6 Å². The fourth-order valence-corrected chi connectivity index (χ4v) is 5.71. The van der Waals surface area contributed by atoms with E-state index in [-0.39, 0.29) is 69.2 Å². The van der Waals surface area contributed by atoms with Crippen LogP contribution in [0.4, 0.5) is 0 Å². The van der Waals surface area contributed by atoms with Crippen molar-refractivity contribution in [3.63, 3.8) is 0 Å². The van der Waals surface area contributed by atoms with Gasteiger partial charge in [-0.05, 0) is 94.5 Å². The summed E-state index contributed by atoms with van der Waals surface area (Å²) in [5, 5.41) is 41.6. The standard InChI is InChI=1S/C37H63N11O10/c1-21(2)18-28(34(55)46-27(36(57)58)10-7-17-43-37(41)42)47-33(54)26(9-4-6-16-39)45-35(56)29(19-22-11-13-23(49)14-12-22)48-32(53)25(8-3-5-15-38)44-31(52)24(40)20-30(50)51/h11-14,21,24-29,49H,3-10,15-20,38-40H2,1-2H3,(H,44,52)(H,45,56)(H,46,55)(H,47,54)(H,48,53)(H,50,51)(H,57,58)(H4,41,42,43)/t24-,25-,26-,27-,28-,29-/m0/s1. The molecule has 0 unspecified atom stereocenters. The van der Waals surface area contributed by atoms with E-state index in [1.54, 1.807) is 13.8 Å². The van der Waals surface area contributed by atoms with Crippen molar-refractivity contribution < 1.29 is 48.9 Å². The Hall–Kier alpha value is -5.54. The normalized spacial score (nSPS) is 14.1. The number of benzene rings is 1. The SMILES string of the molecule is CC(C)C[C@H](NC(=O)[C@H](CCCCN)NC(=O)[C@H](Cc1ccc(O)cc1)NC(=O)[C@H](CCCCN)NC(=O)[C@@H](N)CC(=O)O)C(=O)N[C@@H](CCCN=C(N)N)C(=O)O. The third-order valence-electron chi connectivity index (χ3n) is 8.80. The van der Waals surface area contributed by atoms with Gasteiger partial charge in [-0.25, -0.2) is 4.79 Å². The molecule has 0 aliphatic rings. The second-order valence-electron chi connectivity index (χ2n) is 14.4. The van der Waals surface area contributed by atoms with Gasteiger partial charge in [0.2, 0.25) is 29.5 Å². The van der Waals surface area contributed by atoms with Gasteiger partial charge in [-0.3, -0.25) is 33.8 Å². The lowest BCUT2D eigenvalue weighted by atomic mass is 10.00. The van der Waals surface area contributed by atoms with Gasteiger partial charge in [0, 0.05) is 13.0 Å². The lowest BCUT2D eigenvalue weighted by molar-refractivity contribution is -0.142. The molecule has 0 aliphatic heterocycles. The highest BCUT2D eigenvalue weighted by molar-refractivity contribution is 5.96. The molecular weight excluding hydrogens is 758 g/mol. The maximum atomic E-state index is 14.1. The van der Waals surface area contributed by atoms with Gasteiger partial charge in [0.25, 0.3) is 0 Å². The van der Waals surface area contributed by atoms with Crippen LogP contribution in [-0.4, -0.2) is 119 Å². The van der Waals surface area contributed by atoms with Crippen LogP contribution in [0.5, 0.6) is 5.75 Å². The number of carbonyl (C=O) groups is 7. The van der Waals surface area contributed by atoms with E-state index in [0.717, 1.165) is 0 Å². The number of rotatable bonds is 29. The van der Waals surface area contributed by atoms with Crippen molar-refractivity contribution in [3.8, 4) is 5.75 Å². The number of nitrogens with zero attached hydrogens (tertiary/aromatic N) is 1. The predicted octanol–water partition coefficient (Wildman–Crippen LogP) is -2.40. The Balaban J connectivity index is 3.42. The monoisotopic (exact) mass is 821 g/mol. The molecule has 326 valence electrons. The second kappa shape index (κ2) is 27.2. The molecular formula is C37H63N11O10. The van der Waals surface area contributed by atoms with E-state index in [9.17, 15) is 43.8 Å². The molecule has 0 saturated carbocycles. The lowest BCUT2D eigenvalue weighted by Crippen LogP contribution is -2.59. The van der Waals surface area contributed by atoms with Crippen LogP contribution in [0.1, 0.15) is 83.6 Å². The minimum absolute atomic E-state index is 0.00119. The number of phenols is 1. The Morgan fingerprint density at radius 2 is 1.09 bits per heavy atom. The molecule has 0 radical (unpaired) electrons. The number of aromatic hydroxyl groups is 1. The number of unbranched alkanes of at least 4 members (excludes halogenated alkanes) is 2. The molecule has 0 heterocycles. The van der Waals surface area contributed by atoms with Crippen LogP contribution in [0, 0.1) is 5.92 Å². The summed E-state index contributed by atoms with van der Waals surface area (Å²) >= 11 is 0. The minimum Gasteiger partial charge on any atom is -0.508 e. The summed E-state index contributed by atoms with van der Waals surface area (Å²) in [5.74, 6) is -6.97. The molecule has 1 rings (SSSR count). The average molecular weight is 822 g/mol. The number of carboxylic acids is 2. The number of nitrogens with two attached hydrogens (primary N) is 5. The van der Waals surface area contributed by atoms with Crippen LogP contribution in [0.25, 0.3) is 0 Å². The molecule has 0 spiro atoms. The smallest absolute Gasteiger partial charge is 0.326 e. The summed E-state index contributed by atoms with van der Waals surface area (Å²) in [7, 11) is 0. The van der Waals surface area contributed by atoms with Gasteiger partial charge < -0.3 is 70.6 Å². The Morgan fingerprint density at radius 3 is 1.57 bits per heavy atom. The minimum atomic E-state index is -1.46. The van der Waals surface area contributed by atoms with E-state index in [0.29, 0.717) is 37.8 Å². The molecule has 0 aromatic heterocycles. The number of carbonyl (C=O) groups excluding carboxylic acids is 5. The zero-order valence-corrected chi connectivity index (χ0v) is 33.3. The molecule has 18 N–H and O–H groups in total. The van der Waals surface area contributed by atoms with Crippen molar-refractivity contribution in [2.45, 2.75) is 121 Å². The molecule has 6 atom stereocenters. The third kappa shape index (κ3) is 20.6. The van der Waals surface area contributed by atoms with Crippen LogP contribution in [0.3, 0.4) is 0 Å². The van der Waals surface area contributed by atoms with E-state index in [1.165, 1.54) is 24.3 Å². The number of nitrogens with one attached hydrogen (secondary N) is 5. The first-order valence-electron chi connectivity index (χ1n) is 19.3. The maximum Gasteiger partial charge on any atom is 0.326 e. The quantitative estimate of drug-likeness (QED) is 0.0228.